The highest BCUT2D eigenvalue weighted by Gasteiger charge is 2.07. The molecule has 0 heterocycles. The smallest absolute Gasteiger partial charge is 0.228 e. The number of aromatic hydroxyl groups is 1. The van der Waals surface area contributed by atoms with Crippen LogP contribution in [0.2, 0.25) is 0 Å². The Morgan fingerprint density at radius 3 is 2.62 bits per heavy atom. The van der Waals surface area contributed by atoms with Crippen LogP contribution < -0.4 is 15.8 Å². The molecule has 0 saturated heterocycles. The fourth-order valence-corrected chi connectivity index (χ4v) is 2.99. The molecule has 0 atom stereocenters. The standard InChI is InChI=1S/C14H11Br2N3OS/c15-10-6-9(13(20)12(16)7-10)8-17-19-14(21)18-11-4-2-1-3-5-11/h1-8,20H,(H2,18,19,21)/p+1/b17-8+. The molecule has 0 amide bonds. The first-order valence-corrected chi connectivity index (χ1v) is 7.94. The summed E-state index contributed by atoms with van der Waals surface area (Å²) in [6.07, 6.45) is 1.61. The molecule has 2 aromatic rings. The van der Waals surface area contributed by atoms with Gasteiger partial charge in [0.25, 0.3) is 0 Å². The van der Waals surface area contributed by atoms with Crippen LogP contribution in [0.1, 0.15) is 5.56 Å². The van der Waals surface area contributed by atoms with E-state index in [1.807, 2.05) is 30.3 Å². The van der Waals surface area contributed by atoms with Crippen LogP contribution in [0.4, 0.5) is 5.69 Å². The van der Waals surface area contributed by atoms with E-state index >= 15 is 0 Å². The van der Waals surface area contributed by atoms with E-state index in [1.165, 1.54) is 0 Å². The second kappa shape index (κ2) is 7.53. The number of phenolic OH excluding ortho intramolecular Hbond substituents is 1. The second-order valence-corrected chi connectivity index (χ2v) is 6.24. The topological polar surface area (TPSA) is 58.3 Å². The Bertz CT molecular complexity index is 677. The van der Waals surface area contributed by atoms with Crippen molar-refractivity contribution < 1.29 is 10.2 Å². The zero-order valence-electron chi connectivity index (χ0n) is 10.7. The normalized spacial score (nSPS) is 10.6. The molecule has 0 saturated carbocycles. The van der Waals surface area contributed by atoms with Crippen molar-refractivity contribution in [3.05, 3.63) is 57.0 Å². The minimum Gasteiger partial charge on any atom is -0.506 e. The zero-order valence-corrected chi connectivity index (χ0v) is 14.7. The quantitative estimate of drug-likeness (QED) is 0.343. The molecule has 0 fully saturated rings. The average molecular weight is 430 g/mol. The van der Waals surface area contributed by atoms with Crippen molar-refractivity contribution in [2.24, 2.45) is 0 Å². The summed E-state index contributed by atoms with van der Waals surface area (Å²) in [5.74, 6) is 0.148. The number of anilines is 1. The Morgan fingerprint density at radius 1 is 1.19 bits per heavy atom. The van der Waals surface area contributed by atoms with E-state index in [0.717, 1.165) is 10.2 Å². The van der Waals surface area contributed by atoms with Gasteiger partial charge < -0.3 is 10.4 Å². The van der Waals surface area contributed by atoms with Gasteiger partial charge in [-0.05, 0) is 52.4 Å². The highest BCUT2D eigenvalue weighted by atomic mass is 79.9. The van der Waals surface area contributed by atoms with Crippen molar-refractivity contribution in [3.63, 3.8) is 0 Å². The van der Waals surface area contributed by atoms with Crippen molar-refractivity contribution in [2.45, 2.75) is 0 Å². The lowest BCUT2D eigenvalue weighted by Gasteiger charge is -2.04. The Kier molecular flexibility index (Phi) is 5.72. The summed E-state index contributed by atoms with van der Waals surface area (Å²) >= 11 is 11.8. The third-order valence-electron chi connectivity index (χ3n) is 2.50. The first-order valence-electron chi connectivity index (χ1n) is 5.95. The minimum atomic E-state index is 0.148. The molecular weight excluding hydrogens is 418 g/mol. The van der Waals surface area contributed by atoms with Gasteiger partial charge in [0.15, 0.2) is 0 Å². The summed E-state index contributed by atoms with van der Waals surface area (Å²) in [6, 6.07) is 13.1. The fraction of sp³-hybridized carbons (Fsp3) is 0. The van der Waals surface area contributed by atoms with Gasteiger partial charge in [-0.2, -0.15) is 0 Å². The molecule has 108 valence electrons. The largest absolute Gasteiger partial charge is 0.506 e. The van der Waals surface area contributed by atoms with E-state index in [2.05, 4.69) is 47.7 Å². The summed E-state index contributed by atoms with van der Waals surface area (Å²) < 4.78 is 1.46. The van der Waals surface area contributed by atoms with Gasteiger partial charge in [-0.15, -0.1) is 10.5 Å². The van der Waals surface area contributed by atoms with Crippen LogP contribution >= 0.6 is 44.1 Å². The fourth-order valence-electron chi connectivity index (χ4n) is 1.56. The highest BCUT2D eigenvalue weighted by Crippen LogP contribution is 2.30. The molecule has 0 radical (unpaired) electrons. The molecule has 0 spiro atoms. The number of para-hydroxylation sites is 1. The molecule has 0 unspecified atom stereocenters. The van der Waals surface area contributed by atoms with Gasteiger partial charge in [0.05, 0.1) is 10.0 Å². The van der Waals surface area contributed by atoms with Crippen molar-refractivity contribution in [1.29, 1.82) is 0 Å². The van der Waals surface area contributed by atoms with Gasteiger partial charge in [0.2, 0.25) is 11.3 Å². The van der Waals surface area contributed by atoms with E-state index in [-0.39, 0.29) is 5.75 Å². The van der Waals surface area contributed by atoms with Gasteiger partial charge in [0, 0.05) is 10.2 Å². The molecule has 0 aliphatic carbocycles. The number of hydrogen-bond donors (Lipinski definition) is 4. The predicted molar refractivity (Wildman–Crippen MR) is 95.4 cm³/mol. The van der Waals surface area contributed by atoms with Gasteiger partial charge in [-0.3, -0.25) is 0 Å². The zero-order chi connectivity index (χ0) is 15.2. The maximum absolute atomic E-state index is 9.91. The lowest BCUT2D eigenvalue weighted by Crippen LogP contribution is -2.82. The van der Waals surface area contributed by atoms with Crippen LogP contribution in [-0.4, -0.2) is 16.4 Å². The molecule has 21 heavy (non-hydrogen) atoms. The maximum Gasteiger partial charge on any atom is 0.228 e. The van der Waals surface area contributed by atoms with Crippen molar-refractivity contribution in [2.75, 3.05) is 5.32 Å². The summed E-state index contributed by atoms with van der Waals surface area (Å²) in [5.41, 5.74) is 4.33. The Hall–Kier alpha value is -1.44. The molecule has 4 nitrogen and oxygen atoms in total. The van der Waals surface area contributed by atoms with Crippen LogP contribution in [0.5, 0.6) is 5.75 Å². The minimum absolute atomic E-state index is 0.148. The van der Waals surface area contributed by atoms with Crippen LogP contribution in [0.15, 0.2) is 51.4 Å². The lowest BCUT2D eigenvalue weighted by molar-refractivity contribution is -0.499. The van der Waals surface area contributed by atoms with Gasteiger partial charge >= 0.3 is 0 Å². The number of phenols is 1. The lowest BCUT2D eigenvalue weighted by atomic mass is 10.2. The number of thiocarbonyl (C=S) groups is 1. The number of hydrogen-bond acceptors (Lipinski definition) is 2. The van der Waals surface area contributed by atoms with Crippen molar-refractivity contribution >= 4 is 61.1 Å². The SMILES string of the molecule is Oc1c(Br)cc(Br)cc1/C=[NH+]/NC(=S)Nc1ccccc1. The van der Waals surface area contributed by atoms with Crippen LogP contribution in [0, 0.1) is 0 Å². The van der Waals surface area contributed by atoms with E-state index in [9.17, 15) is 5.11 Å². The van der Waals surface area contributed by atoms with E-state index in [1.54, 1.807) is 18.3 Å². The highest BCUT2D eigenvalue weighted by molar-refractivity contribution is 9.11. The average Bonchev–Trinajstić information content (AvgIpc) is 2.45. The molecule has 0 bridgehead atoms. The monoisotopic (exact) mass is 428 g/mol. The number of benzene rings is 2. The molecule has 0 aromatic heterocycles. The molecule has 4 N–H and O–H groups in total. The van der Waals surface area contributed by atoms with E-state index < -0.39 is 0 Å². The molecule has 0 aliphatic rings. The maximum atomic E-state index is 9.91. The number of rotatable bonds is 3. The molecule has 2 rings (SSSR count). The Balaban J connectivity index is 1.98. The molecule has 2 aromatic carbocycles. The summed E-state index contributed by atoms with van der Waals surface area (Å²) in [7, 11) is 0. The van der Waals surface area contributed by atoms with Crippen LogP contribution in [0.3, 0.4) is 0 Å². The van der Waals surface area contributed by atoms with Gasteiger partial charge in [0.1, 0.15) is 5.75 Å². The van der Waals surface area contributed by atoms with E-state index in [0.29, 0.717) is 15.1 Å². The summed E-state index contributed by atoms with van der Waals surface area (Å²) in [5, 5.41) is 16.2. The Labute approximate surface area is 144 Å². The van der Waals surface area contributed by atoms with Crippen LogP contribution in [-0.2, 0) is 0 Å². The summed E-state index contributed by atoms with van der Waals surface area (Å²) in [4.78, 5) is 0. The predicted octanol–water partition coefficient (Wildman–Crippen LogP) is 2.32. The third-order valence-corrected chi connectivity index (χ3v) is 3.77. The van der Waals surface area contributed by atoms with E-state index in [4.69, 9.17) is 12.2 Å². The molecular formula is C14H12Br2N3OS+. The van der Waals surface area contributed by atoms with Crippen LogP contribution in [0.25, 0.3) is 0 Å². The Morgan fingerprint density at radius 2 is 1.90 bits per heavy atom. The second-order valence-electron chi connectivity index (χ2n) is 4.06. The first-order chi connectivity index (χ1) is 10.1. The van der Waals surface area contributed by atoms with Gasteiger partial charge in [-0.1, -0.05) is 34.1 Å². The third kappa shape index (κ3) is 4.80. The number of hydrazine groups is 1. The first kappa shape index (κ1) is 15.9. The number of nitrogens with one attached hydrogen (secondary N) is 3. The van der Waals surface area contributed by atoms with Crippen molar-refractivity contribution in [1.82, 2.24) is 5.43 Å². The molecule has 7 heteroatoms. The van der Waals surface area contributed by atoms with Crippen molar-refractivity contribution in [3.8, 4) is 5.75 Å². The number of halogens is 2. The van der Waals surface area contributed by atoms with Gasteiger partial charge in [-0.25, -0.2) is 0 Å². The molecule has 0 aliphatic heterocycles. The number of hydrazone groups is 1. The summed E-state index contributed by atoms with van der Waals surface area (Å²) in [6.45, 7) is 0.